The average molecular weight is 398 g/mol. The SMILES string of the molecule is CNS(=O)(=O)c1ccc(Cl)c(C(=O)NCc2nnc3n2CCCCC3)c1. The summed E-state index contributed by atoms with van der Waals surface area (Å²) in [5, 5.41) is 11.3. The van der Waals surface area contributed by atoms with Crippen LogP contribution >= 0.6 is 11.6 Å². The molecule has 1 aromatic heterocycles. The van der Waals surface area contributed by atoms with Crippen molar-refractivity contribution in [2.75, 3.05) is 7.05 Å². The number of aromatic nitrogens is 3. The standard InChI is InChI=1S/C16H20ClN5O3S/c1-18-26(24,25)11-6-7-13(17)12(9-11)16(23)19-10-15-21-20-14-5-3-2-4-8-22(14)15/h6-7,9,18H,2-5,8,10H2,1H3,(H,19,23). The van der Waals surface area contributed by atoms with Crippen molar-refractivity contribution in [1.29, 1.82) is 0 Å². The minimum absolute atomic E-state index is 0.0223. The molecule has 0 fully saturated rings. The number of nitrogens with one attached hydrogen (secondary N) is 2. The third-order valence-electron chi connectivity index (χ3n) is 4.35. The Hall–Kier alpha value is -1.97. The molecule has 0 radical (unpaired) electrons. The summed E-state index contributed by atoms with van der Waals surface area (Å²) in [6, 6.07) is 4.00. The van der Waals surface area contributed by atoms with E-state index in [-0.39, 0.29) is 22.0 Å². The van der Waals surface area contributed by atoms with Crippen molar-refractivity contribution in [3.05, 3.63) is 40.4 Å². The summed E-state index contributed by atoms with van der Waals surface area (Å²) in [7, 11) is -2.35. The van der Waals surface area contributed by atoms with Gasteiger partial charge in [-0.25, -0.2) is 13.1 Å². The number of amides is 1. The van der Waals surface area contributed by atoms with E-state index in [9.17, 15) is 13.2 Å². The van der Waals surface area contributed by atoms with Crippen molar-refractivity contribution in [1.82, 2.24) is 24.8 Å². The summed E-state index contributed by atoms with van der Waals surface area (Å²) < 4.78 is 28.1. The Morgan fingerprint density at radius 1 is 1.27 bits per heavy atom. The Kier molecular flexibility index (Phi) is 5.59. The topological polar surface area (TPSA) is 106 Å². The third kappa shape index (κ3) is 3.89. The van der Waals surface area contributed by atoms with Gasteiger partial charge in [-0.3, -0.25) is 4.79 Å². The minimum Gasteiger partial charge on any atom is -0.345 e. The van der Waals surface area contributed by atoms with E-state index in [0.717, 1.165) is 38.1 Å². The van der Waals surface area contributed by atoms with E-state index < -0.39 is 15.9 Å². The summed E-state index contributed by atoms with van der Waals surface area (Å²) in [6.07, 6.45) is 4.18. The predicted molar refractivity (Wildman–Crippen MR) is 96.4 cm³/mol. The van der Waals surface area contributed by atoms with Crippen molar-refractivity contribution >= 4 is 27.5 Å². The number of carbonyl (C=O) groups excluding carboxylic acids is 1. The van der Waals surface area contributed by atoms with Gasteiger partial charge in [-0.1, -0.05) is 18.0 Å². The molecule has 1 aliphatic rings. The molecule has 2 aromatic rings. The monoisotopic (exact) mass is 397 g/mol. The number of aryl methyl sites for hydroxylation is 1. The van der Waals surface area contributed by atoms with Gasteiger partial charge in [0.05, 0.1) is 22.0 Å². The lowest BCUT2D eigenvalue weighted by Gasteiger charge is -2.10. The van der Waals surface area contributed by atoms with E-state index in [1.807, 2.05) is 4.57 Å². The Bertz CT molecular complexity index is 926. The molecule has 0 unspecified atom stereocenters. The fourth-order valence-corrected chi connectivity index (χ4v) is 3.85. The van der Waals surface area contributed by atoms with Crippen LogP contribution in [0.1, 0.15) is 41.3 Å². The van der Waals surface area contributed by atoms with Crippen molar-refractivity contribution in [3.63, 3.8) is 0 Å². The largest absolute Gasteiger partial charge is 0.345 e. The highest BCUT2D eigenvalue weighted by Crippen LogP contribution is 2.21. The quantitative estimate of drug-likeness (QED) is 0.795. The zero-order valence-electron chi connectivity index (χ0n) is 14.3. The van der Waals surface area contributed by atoms with Crippen LogP contribution in [-0.2, 0) is 29.5 Å². The van der Waals surface area contributed by atoms with Gasteiger partial charge in [0, 0.05) is 13.0 Å². The van der Waals surface area contributed by atoms with E-state index >= 15 is 0 Å². The van der Waals surface area contributed by atoms with Gasteiger partial charge < -0.3 is 9.88 Å². The molecule has 1 amide bonds. The van der Waals surface area contributed by atoms with Gasteiger partial charge in [-0.2, -0.15) is 0 Å². The first-order chi connectivity index (χ1) is 12.4. The van der Waals surface area contributed by atoms with Gasteiger partial charge in [-0.05, 0) is 38.1 Å². The summed E-state index contributed by atoms with van der Waals surface area (Å²) >= 11 is 6.07. The summed E-state index contributed by atoms with van der Waals surface area (Å²) in [5.74, 6) is 1.16. The first-order valence-electron chi connectivity index (χ1n) is 8.34. The zero-order valence-corrected chi connectivity index (χ0v) is 15.9. The number of hydrogen-bond acceptors (Lipinski definition) is 5. The van der Waals surface area contributed by atoms with E-state index in [1.165, 1.54) is 25.2 Å². The van der Waals surface area contributed by atoms with Gasteiger partial charge in [0.15, 0.2) is 5.82 Å². The zero-order chi connectivity index (χ0) is 18.7. The highest BCUT2D eigenvalue weighted by atomic mass is 35.5. The van der Waals surface area contributed by atoms with Crippen LogP contribution in [0.15, 0.2) is 23.1 Å². The maximum atomic E-state index is 12.5. The van der Waals surface area contributed by atoms with Crippen LogP contribution in [0.2, 0.25) is 5.02 Å². The fraction of sp³-hybridized carbons (Fsp3) is 0.438. The highest BCUT2D eigenvalue weighted by Gasteiger charge is 2.19. The molecule has 10 heteroatoms. The van der Waals surface area contributed by atoms with Crippen molar-refractivity contribution in [2.24, 2.45) is 0 Å². The van der Waals surface area contributed by atoms with E-state index in [0.29, 0.717) is 5.82 Å². The molecule has 3 rings (SSSR count). The Morgan fingerprint density at radius 3 is 2.85 bits per heavy atom. The second kappa shape index (κ2) is 7.73. The summed E-state index contributed by atoms with van der Waals surface area (Å²) in [6.45, 7) is 1.04. The molecule has 0 atom stereocenters. The van der Waals surface area contributed by atoms with Crippen LogP contribution in [0.4, 0.5) is 0 Å². The van der Waals surface area contributed by atoms with Gasteiger partial charge in [-0.15, -0.1) is 10.2 Å². The van der Waals surface area contributed by atoms with E-state index in [1.54, 1.807) is 0 Å². The molecule has 0 bridgehead atoms. The Morgan fingerprint density at radius 2 is 2.08 bits per heavy atom. The number of fused-ring (bicyclic) bond motifs is 1. The third-order valence-corrected chi connectivity index (χ3v) is 6.10. The fourth-order valence-electron chi connectivity index (χ4n) is 2.89. The molecule has 0 saturated carbocycles. The number of benzene rings is 1. The number of rotatable bonds is 5. The maximum absolute atomic E-state index is 12.5. The smallest absolute Gasteiger partial charge is 0.253 e. The number of sulfonamides is 1. The lowest BCUT2D eigenvalue weighted by Crippen LogP contribution is -2.26. The number of halogens is 1. The molecule has 1 aliphatic heterocycles. The van der Waals surface area contributed by atoms with Crippen molar-refractivity contribution < 1.29 is 13.2 Å². The van der Waals surface area contributed by atoms with Crippen LogP contribution in [0, 0.1) is 0 Å². The first kappa shape index (κ1) is 18.8. The van der Waals surface area contributed by atoms with Crippen LogP contribution in [0.25, 0.3) is 0 Å². The molecule has 0 aliphatic carbocycles. The summed E-state index contributed by atoms with van der Waals surface area (Å²) in [4.78, 5) is 12.5. The normalized spacial score (nSPS) is 14.5. The number of carbonyl (C=O) groups is 1. The number of nitrogens with zero attached hydrogens (tertiary/aromatic N) is 3. The lowest BCUT2D eigenvalue weighted by atomic mass is 10.2. The molecule has 2 N–H and O–H groups in total. The lowest BCUT2D eigenvalue weighted by molar-refractivity contribution is 0.0949. The molecular weight excluding hydrogens is 378 g/mol. The van der Waals surface area contributed by atoms with Crippen LogP contribution in [0.3, 0.4) is 0 Å². The average Bonchev–Trinajstić information content (AvgIpc) is 2.86. The second-order valence-corrected chi connectivity index (χ2v) is 8.32. The van der Waals surface area contributed by atoms with Crippen LogP contribution in [-0.4, -0.2) is 36.1 Å². The van der Waals surface area contributed by atoms with E-state index in [2.05, 4.69) is 20.2 Å². The Labute approximate surface area is 157 Å². The maximum Gasteiger partial charge on any atom is 0.253 e. The first-order valence-corrected chi connectivity index (χ1v) is 10.2. The van der Waals surface area contributed by atoms with Gasteiger partial charge in [0.25, 0.3) is 5.91 Å². The van der Waals surface area contributed by atoms with Crippen LogP contribution < -0.4 is 10.0 Å². The highest BCUT2D eigenvalue weighted by molar-refractivity contribution is 7.89. The molecule has 1 aromatic carbocycles. The minimum atomic E-state index is -3.66. The second-order valence-electron chi connectivity index (χ2n) is 6.03. The molecule has 26 heavy (non-hydrogen) atoms. The van der Waals surface area contributed by atoms with Crippen LogP contribution in [0.5, 0.6) is 0 Å². The molecule has 0 saturated heterocycles. The molecule has 0 spiro atoms. The van der Waals surface area contributed by atoms with Gasteiger partial charge in [0.2, 0.25) is 10.0 Å². The van der Waals surface area contributed by atoms with Gasteiger partial charge in [0.1, 0.15) is 5.82 Å². The molecule has 140 valence electrons. The van der Waals surface area contributed by atoms with Crippen molar-refractivity contribution in [3.8, 4) is 0 Å². The van der Waals surface area contributed by atoms with Gasteiger partial charge >= 0.3 is 0 Å². The van der Waals surface area contributed by atoms with E-state index in [4.69, 9.17) is 11.6 Å². The molecule has 2 heterocycles. The molecular formula is C16H20ClN5O3S. The van der Waals surface area contributed by atoms with Crippen molar-refractivity contribution in [2.45, 2.75) is 43.7 Å². The number of hydrogen-bond donors (Lipinski definition) is 2. The molecule has 8 nitrogen and oxygen atoms in total. The Balaban J connectivity index is 1.77. The summed E-state index contributed by atoms with van der Waals surface area (Å²) in [5.41, 5.74) is 0.0959. The predicted octanol–water partition coefficient (Wildman–Crippen LogP) is 1.50.